The minimum absolute atomic E-state index is 0.0877. The molecule has 0 aliphatic rings. The predicted octanol–water partition coefficient (Wildman–Crippen LogP) is 7.54. The summed E-state index contributed by atoms with van der Waals surface area (Å²) in [5.74, 6) is 0. The van der Waals surface area contributed by atoms with Gasteiger partial charge in [0, 0.05) is 0 Å². The molecule has 8 heteroatoms. The van der Waals surface area contributed by atoms with Gasteiger partial charge in [-0.1, -0.05) is 56.3 Å². The van der Waals surface area contributed by atoms with E-state index in [1.54, 1.807) is 44.2 Å². The van der Waals surface area contributed by atoms with Crippen LogP contribution in [0.2, 0.25) is 0 Å². The second-order valence-corrected chi connectivity index (χ2v) is 8.54. The fourth-order valence-electron chi connectivity index (χ4n) is 4.21. The van der Waals surface area contributed by atoms with Crippen molar-refractivity contribution in [3.8, 4) is 0 Å². The zero-order valence-electron chi connectivity index (χ0n) is 18.7. The van der Waals surface area contributed by atoms with E-state index in [2.05, 4.69) is 6.58 Å². The maximum absolute atomic E-state index is 13.6. The first kappa shape index (κ1) is 26.2. The van der Waals surface area contributed by atoms with Crippen LogP contribution in [0.15, 0.2) is 43.0 Å². The lowest BCUT2D eigenvalue weighted by atomic mass is 9.80. The third-order valence-corrected chi connectivity index (χ3v) is 6.15. The molecular weight excluding hydrogens is 434 g/mol. The summed E-state index contributed by atoms with van der Waals surface area (Å²) >= 11 is 0. The van der Waals surface area contributed by atoms with Crippen LogP contribution in [-0.4, -0.2) is 28.7 Å². The number of hydrogen-bond acceptors (Lipinski definition) is 2. The lowest BCUT2D eigenvalue weighted by molar-refractivity contribution is -0.422. The summed E-state index contributed by atoms with van der Waals surface area (Å²) in [6.45, 7) is 10.3. The minimum atomic E-state index is -6.00. The van der Waals surface area contributed by atoms with Crippen LogP contribution in [0.25, 0.3) is 16.3 Å². The SMILES string of the molecule is C=C(C)c1cccc2cc(C(CC)(CC)OC(C)(C)C(O)(C(F)(F)F)C(F)(F)F)ccc12. The Morgan fingerprint density at radius 2 is 1.47 bits per heavy atom. The summed E-state index contributed by atoms with van der Waals surface area (Å²) in [5, 5.41) is 11.6. The van der Waals surface area contributed by atoms with Gasteiger partial charge in [-0.15, -0.1) is 0 Å². The second-order valence-electron chi connectivity index (χ2n) is 8.54. The van der Waals surface area contributed by atoms with Crippen LogP contribution >= 0.6 is 0 Å². The van der Waals surface area contributed by atoms with Crippen LogP contribution in [0.4, 0.5) is 26.3 Å². The largest absolute Gasteiger partial charge is 0.429 e. The molecule has 2 aromatic rings. The zero-order valence-corrected chi connectivity index (χ0v) is 18.7. The fraction of sp³-hybridized carbons (Fsp3) is 0.500. The van der Waals surface area contributed by atoms with E-state index in [4.69, 9.17) is 4.74 Å². The molecule has 32 heavy (non-hydrogen) atoms. The van der Waals surface area contributed by atoms with Crippen LogP contribution in [0.1, 0.15) is 58.6 Å². The minimum Gasteiger partial charge on any atom is -0.371 e. The molecule has 0 fully saturated rings. The van der Waals surface area contributed by atoms with Gasteiger partial charge in [0.05, 0.1) is 5.60 Å². The molecule has 0 spiro atoms. The van der Waals surface area contributed by atoms with Gasteiger partial charge in [-0.3, -0.25) is 0 Å². The predicted molar refractivity (Wildman–Crippen MR) is 113 cm³/mol. The quantitative estimate of drug-likeness (QED) is 0.431. The van der Waals surface area contributed by atoms with E-state index in [0.717, 1.165) is 21.9 Å². The highest BCUT2D eigenvalue weighted by molar-refractivity contribution is 5.93. The normalized spacial score (nSPS) is 14.1. The van der Waals surface area contributed by atoms with Crippen molar-refractivity contribution in [1.82, 2.24) is 0 Å². The Balaban J connectivity index is 2.68. The number of aliphatic hydroxyl groups is 1. The first-order valence-corrected chi connectivity index (χ1v) is 10.2. The number of fused-ring (bicyclic) bond motifs is 1. The summed E-state index contributed by atoms with van der Waals surface area (Å²) in [6.07, 6.45) is -11.8. The summed E-state index contributed by atoms with van der Waals surface area (Å²) in [4.78, 5) is 0. The van der Waals surface area contributed by atoms with Crippen molar-refractivity contribution in [1.29, 1.82) is 0 Å². The number of rotatable bonds is 7. The molecule has 2 aromatic carbocycles. The lowest BCUT2D eigenvalue weighted by Crippen LogP contribution is -2.70. The van der Waals surface area contributed by atoms with Crippen LogP contribution in [-0.2, 0) is 10.3 Å². The van der Waals surface area contributed by atoms with Crippen molar-refractivity contribution in [2.24, 2.45) is 0 Å². The molecule has 0 atom stereocenters. The Hall–Kier alpha value is -2.06. The van der Waals surface area contributed by atoms with Gasteiger partial charge in [0.15, 0.2) is 0 Å². The molecule has 1 N–H and O–H groups in total. The van der Waals surface area contributed by atoms with E-state index in [-0.39, 0.29) is 12.8 Å². The van der Waals surface area contributed by atoms with Crippen LogP contribution < -0.4 is 0 Å². The highest BCUT2D eigenvalue weighted by Crippen LogP contribution is 2.53. The number of halogens is 6. The Bertz CT molecular complexity index is 970. The van der Waals surface area contributed by atoms with Gasteiger partial charge < -0.3 is 9.84 Å². The van der Waals surface area contributed by atoms with Crippen molar-refractivity contribution in [2.45, 2.75) is 76.6 Å². The van der Waals surface area contributed by atoms with Gasteiger partial charge in [-0.05, 0) is 61.6 Å². The number of hydrogen-bond donors (Lipinski definition) is 1. The van der Waals surface area contributed by atoms with Gasteiger partial charge in [-0.25, -0.2) is 0 Å². The topological polar surface area (TPSA) is 29.5 Å². The smallest absolute Gasteiger partial charge is 0.371 e. The first-order valence-electron chi connectivity index (χ1n) is 10.2. The number of ether oxygens (including phenoxy) is 1. The number of alkyl halides is 6. The van der Waals surface area contributed by atoms with E-state index in [0.29, 0.717) is 19.4 Å². The molecule has 2 nitrogen and oxygen atoms in total. The first-order chi connectivity index (χ1) is 14.5. The molecule has 0 aliphatic carbocycles. The molecule has 178 valence electrons. The van der Waals surface area contributed by atoms with Crippen molar-refractivity contribution < 1.29 is 36.2 Å². The molecule has 2 rings (SSSR count). The summed E-state index contributed by atoms with van der Waals surface area (Å²) in [5.41, 5.74) is -7.47. The maximum Gasteiger partial charge on any atom is 0.429 e. The summed E-state index contributed by atoms with van der Waals surface area (Å²) in [6, 6.07) is 10.6. The summed E-state index contributed by atoms with van der Waals surface area (Å²) < 4.78 is 87.0. The third kappa shape index (κ3) is 4.15. The molecular formula is C24H28F6O2. The van der Waals surface area contributed by atoms with E-state index < -0.39 is 29.2 Å². The van der Waals surface area contributed by atoms with Crippen LogP contribution in [0.5, 0.6) is 0 Å². The molecule has 0 radical (unpaired) electrons. The monoisotopic (exact) mass is 462 g/mol. The second kappa shape index (κ2) is 8.37. The molecule has 0 amide bonds. The molecule has 0 aromatic heterocycles. The molecule has 0 heterocycles. The van der Waals surface area contributed by atoms with Gasteiger partial charge in [0.25, 0.3) is 5.60 Å². The van der Waals surface area contributed by atoms with Gasteiger partial charge in [0.2, 0.25) is 0 Å². The van der Waals surface area contributed by atoms with Crippen molar-refractivity contribution in [2.75, 3.05) is 0 Å². The van der Waals surface area contributed by atoms with Gasteiger partial charge >= 0.3 is 12.4 Å². The molecule has 0 bridgehead atoms. The average Bonchev–Trinajstić information content (AvgIpc) is 2.68. The third-order valence-electron chi connectivity index (χ3n) is 6.15. The Labute approximate surface area is 183 Å². The lowest BCUT2D eigenvalue weighted by Gasteiger charge is -2.49. The molecule has 0 saturated heterocycles. The molecule has 0 unspecified atom stereocenters. The fourth-order valence-corrected chi connectivity index (χ4v) is 4.21. The summed E-state index contributed by atoms with van der Waals surface area (Å²) in [7, 11) is 0. The van der Waals surface area contributed by atoms with E-state index in [9.17, 15) is 31.4 Å². The van der Waals surface area contributed by atoms with E-state index in [1.165, 1.54) is 0 Å². The van der Waals surface area contributed by atoms with Crippen molar-refractivity contribution >= 4 is 16.3 Å². The highest BCUT2D eigenvalue weighted by atomic mass is 19.4. The Morgan fingerprint density at radius 3 is 1.91 bits per heavy atom. The van der Waals surface area contributed by atoms with Crippen LogP contribution in [0, 0.1) is 0 Å². The Morgan fingerprint density at radius 1 is 0.938 bits per heavy atom. The standard InChI is InChI=1S/C24H28F6O2/c1-7-21(8-2,32-20(5,6)22(31,23(25,26)27)24(28,29)30)17-12-13-19-16(14-17)10-9-11-18(19)15(3)4/h9-14,31H,3,7-8H2,1-2,4-6H3. The molecule has 0 aliphatic heterocycles. The highest BCUT2D eigenvalue weighted by Gasteiger charge is 2.78. The van der Waals surface area contributed by atoms with Gasteiger partial charge in [-0.2, -0.15) is 26.3 Å². The van der Waals surface area contributed by atoms with Crippen molar-refractivity contribution in [3.05, 3.63) is 54.1 Å². The van der Waals surface area contributed by atoms with Crippen molar-refractivity contribution in [3.63, 3.8) is 0 Å². The molecule has 0 saturated carbocycles. The van der Waals surface area contributed by atoms with Crippen LogP contribution in [0.3, 0.4) is 0 Å². The average molecular weight is 462 g/mol. The number of benzene rings is 2. The Kier molecular flexibility index (Phi) is 6.85. The van der Waals surface area contributed by atoms with E-state index >= 15 is 0 Å². The number of allylic oxidation sites excluding steroid dienone is 1. The van der Waals surface area contributed by atoms with Gasteiger partial charge in [0.1, 0.15) is 5.60 Å². The zero-order chi connectivity index (χ0) is 24.8. The maximum atomic E-state index is 13.6. The van der Waals surface area contributed by atoms with E-state index in [1.807, 2.05) is 13.0 Å².